The van der Waals surface area contributed by atoms with Crippen LogP contribution < -0.4 is 5.32 Å². The highest BCUT2D eigenvalue weighted by atomic mass is 16.1. The van der Waals surface area contributed by atoms with E-state index in [1.54, 1.807) is 12.1 Å². The monoisotopic (exact) mass is 239 g/mol. The largest absolute Gasteiger partial charge is 0.351 e. The van der Waals surface area contributed by atoms with E-state index >= 15 is 0 Å². The van der Waals surface area contributed by atoms with Crippen LogP contribution in [0.1, 0.15) is 10.4 Å². The van der Waals surface area contributed by atoms with Crippen LogP contribution in [-0.2, 0) is 4.79 Å². The van der Waals surface area contributed by atoms with Crippen molar-refractivity contribution < 1.29 is 9.59 Å². The number of rotatable bonds is 5. The standard InChI is InChI=1S/C15H13NO2/c17-11-16-10-15(18)14-8-6-13(7-9-14)12-4-2-1-3-5-12/h1-9,11H,10H2,(H,16,17). The first kappa shape index (κ1) is 12.0. The summed E-state index contributed by atoms with van der Waals surface area (Å²) in [5, 5.41) is 2.36. The molecule has 0 spiro atoms. The molecule has 90 valence electrons. The number of nitrogens with one attached hydrogen (secondary N) is 1. The second kappa shape index (κ2) is 5.77. The predicted octanol–water partition coefficient (Wildman–Crippen LogP) is 2.28. The number of hydrogen-bond acceptors (Lipinski definition) is 2. The van der Waals surface area contributed by atoms with Crippen LogP contribution >= 0.6 is 0 Å². The number of amides is 1. The van der Waals surface area contributed by atoms with Crippen LogP contribution in [0.3, 0.4) is 0 Å². The van der Waals surface area contributed by atoms with Crippen molar-refractivity contribution in [3.8, 4) is 11.1 Å². The van der Waals surface area contributed by atoms with Gasteiger partial charge in [0.15, 0.2) is 5.78 Å². The lowest BCUT2D eigenvalue weighted by Crippen LogP contribution is -2.21. The molecule has 0 bridgehead atoms. The van der Waals surface area contributed by atoms with E-state index in [0.29, 0.717) is 12.0 Å². The first-order valence-electron chi connectivity index (χ1n) is 5.67. The summed E-state index contributed by atoms with van der Waals surface area (Å²) in [5.74, 6) is -0.0956. The number of Topliss-reactive ketones (excluding diaryl/α,β-unsaturated/α-hetero) is 1. The van der Waals surface area contributed by atoms with Gasteiger partial charge < -0.3 is 5.32 Å². The Morgan fingerprint density at radius 2 is 1.56 bits per heavy atom. The molecule has 0 aliphatic rings. The molecule has 0 unspecified atom stereocenters. The summed E-state index contributed by atoms with van der Waals surface area (Å²) in [6.07, 6.45) is 0.524. The Morgan fingerprint density at radius 1 is 0.944 bits per heavy atom. The van der Waals surface area contributed by atoms with Crippen LogP contribution in [0, 0.1) is 0 Å². The zero-order valence-corrected chi connectivity index (χ0v) is 9.80. The molecular formula is C15H13NO2. The normalized spacial score (nSPS) is 9.78. The van der Waals surface area contributed by atoms with Gasteiger partial charge in [0.1, 0.15) is 0 Å². The minimum absolute atomic E-state index is 0.0359. The van der Waals surface area contributed by atoms with Crippen molar-refractivity contribution in [2.24, 2.45) is 0 Å². The van der Waals surface area contributed by atoms with Crippen molar-refractivity contribution in [1.29, 1.82) is 0 Å². The van der Waals surface area contributed by atoms with Crippen molar-refractivity contribution in [2.45, 2.75) is 0 Å². The molecule has 0 aliphatic carbocycles. The molecule has 0 heterocycles. The lowest BCUT2D eigenvalue weighted by Gasteiger charge is -2.03. The molecule has 2 aromatic carbocycles. The lowest BCUT2D eigenvalue weighted by molar-refractivity contribution is -0.109. The number of carbonyl (C=O) groups is 2. The van der Waals surface area contributed by atoms with Gasteiger partial charge in [0.2, 0.25) is 6.41 Å². The van der Waals surface area contributed by atoms with Gasteiger partial charge in [-0.15, -0.1) is 0 Å². The van der Waals surface area contributed by atoms with E-state index < -0.39 is 0 Å². The Hall–Kier alpha value is -2.42. The molecule has 3 heteroatoms. The van der Waals surface area contributed by atoms with Gasteiger partial charge in [-0.25, -0.2) is 0 Å². The Labute approximate surface area is 105 Å². The van der Waals surface area contributed by atoms with Crippen molar-refractivity contribution in [3.63, 3.8) is 0 Å². The fourth-order valence-electron chi connectivity index (χ4n) is 1.72. The van der Waals surface area contributed by atoms with Crippen LogP contribution in [0.15, 0.2) is 54.6 Å². The Kier molecular flexibility index (Phi) is 3.86. The molecule has 0 saturated carbocycles. The molecule has 1 N–H and O–H groups in total. The minimum Gasteiger partial charge on any atom is -0.351 e. The molecule has 0 saturated heterocycles. The molecule has 0 aliphatic heterocycles. The van der Waals surface area contributed by atoms with Gasteiger partial charge in [-0.3, -0.25) is 9.59 Å². The maximum Gasteiger partial charge on any atom is 0.207 e. The summed E-state index contributed by atoms with van der Waals surface area (Å²) in [5.41, 5.74) is 2.78. The van der Waals surface area contributed by atoms with Gasteiger partial charge in [0.05, 0.1) is 6.54 Å². The van der Waals surface area contributed by atoms with E-state index in [4.69, 9.17) is 0 Å². The third-order valence-electron chi connectivity index (χ3n) is 2.66. The van der Waals surface area contributed by atoms with Gasteiger partial charge in [-0.05, 0) is 11.1 Å². The molecule has 18 heavy (non-hydrogen) atoms. The lowest BCUT2D eigenvalue weighted by atomic mass is 10.0. The maximum atomic E-state index is 11.6. The van der Waals surface area contributed by atoms with E-state index in [2.05, 4.69) is 5.32 Å². The predicted molar refractivity (Wildman–Crippen MR) is 70.3 cm³/mol. The molecule has 2 aromatic rings. The van der Waals surface area contributed by atoms with Crippen LogP contribution in [0.2, 0.25) is 0 Å². The Bertz CT molecular complexity index is 532. The zero-order chi connectivity index (χ0) is 12.8. The van der Waals surface area contributed by atoms with E-state index in [0.717, 1.165) is 11.1 Å². The van der Waals surface area contributed by atoms with Gasteiger partial charge in [-0.1, -0.05) is 54.6 Å². The first-order valence-corrected chi connectivity index (χ1v) is 5.67. The Morgan fingerprint density at radius 3 is 2.17 bits per heavy atom. The summed E-state index contributed by atoms with van der Waals surface area (Å²) < 4.78 is 0. The highest BCUT2D eigenvalue weighted by Gasteiger charge is 2.05. The van der Waals surface area contributed by atoms with Crippen LogP contribution in [0.5, 0.6) is 0 Å². The van der Waals surface area contributed by atoms with Gasteiger partial charge in [0, 0.05) is 5.56 Å². The van der Waals surface area contributed by atoms with Crippen molar-refractivity contribution in [3.05, 3.63) is 60.2 Å². The van der Waals surface area contributed by atoms with E-state index in [1.807, 2.05) is 42.5 Å². The topological polar surface area (TPSA) is 46.2 Å². The van der Waals surface area contributed by atoms with Crippen molar-refractivity contribution >= 4 is 12.2 Å². The minimum atomic E-state index is -0.0956. The fourth-order valence-corrected chi connectivity index (χ4v) is 1.72. The fraction of sp³-hybridized carbons (Fsp3) is 0.0667. The van der Waals surface area contributed by atoms with Crippen LogP contribution in [-0.4, -0.2) is 18.7 Å². The molecule has 0 aromatic heterocycles. The number of hydrogen-bond donors (Lipinski definition) is 1. The summed E-state index contributed by atoms with van der Waals surface area (Å²) in [4.78, 5) is 21.7. The van der Waals surface area contributed by atoms with Gasteiger partial charge in [-0.2, -0.15) is 0 Å². The summed E-state index contributed by atoms with van der Waals surface area (Å²) >= 11 is 0. The third-order valence-corrected chi connectivity index (χ3v) is 2.66. The second-order valence-corrected chi connectivity index (χ2v) is 3.87. The molecule has 1 amide bonds. The van der Waals surface area contributed by atoms with E-state index in [-0.39, 0.29) is 12.3 Å². The molecule has 0 fully saturated rings. The maximum absolute atomic E-state index is 11.6. The summed E-state index contributed by atoms with van der Waals surface area (Å²) in [6.45, 7) is 0.0359. The van der Waals surface area contributed by atoms with Crippen LogP contribution in [0.4, 0.5) is 0 Å². The van der Waals surface area contributed by atoms with E-state index in [9.17, 15) is 9.59 Å². The summed E-state index contributed by atoms with van der Waals surface area (Å²) in [7, 11) is 0. The van der Waals surface area contributed by atoms with E-state index in [1.165, 1.54) is 0 Å². The van der Waals surface area contributed by atoms with Gasteiger partial charge in [0.25, 0.3) is 0 Å². The Balaban J connectivity index is 2.15. The van der Waals surface area contributed by atoms with Crippen LogP contribution in [0.25, 0.3) is 11.1 Å². The first-order chi connectivity index (χ1) is 8.81. The zero-order valence-electron chi connectivity index (χ0n) is 9.80. The number of carbonyl (C=O) groups excluding carboxylic acids is 2. The highest BCUT2D eigenvalue weighted by Crippen LogP contribution is 2.19. The molecular weight excluding hydrogens is 226 g/mol. The molecule has 0 atom stereocenters. The van der Waals surface area contributed by atoms with Crippen molar-refractivity contribution in [1.82, 2.24) is 5.32 Å². The average Bonchev–Trinajstić information content (AvgIpc) is 2.46. The second-order valence-electron chi connectivity index (χ2n) is 3.87. The molecule has 2 rings (SSSR count). The number of benzene rings is 2. The average molecular weight is 239 g/mol. The smallest absolute Gasteiger partial charge is 0.207 e. The quantitative estimate of drug-likeness (QED) is 0.642. The SMILES string of the molecule is O=CNCC(=O)c1ccc(-c2ccccc2)cc1. The number of ketones is 1. The van der Waals surface area contributed by atoms with Crippen molar-refractivity contribution in [2.75, 3.05) is 6.54 Å². The summed E-state index contributed by atoms with van der Waals surface area (Å²) in [6, 6.07) is 17.3. The van der Waals surface area contributed by atoms with Gasteiger partial charge >= 0.3 is 0 Å². The molecule has 0 radical (unpaired) electrons. The highest BCUT2D eigenvalue weighted by molar-refractivity contribution is 5.98. The third kappa shape index (κ3) is 2.83. The molecule has 3 nitrogen and oxygen atoms in total.